The van der Waals surface area contributed by atoms with E-state index < -0.39 is 0 Å². The Morgan fingerprint density at radius 2 is 2.12 bits per heavy atom. The minimum atomic E-state index is 0.0335. The van der Waals surface area contributed by atoms with Gasteiger partial charge in [0.15, 0.2) is 11.5 Å². The molecule has 5 heteroatoms. The van der Waals surface area contributed by atoms with Crippen molar-refractivity contribution in [2.24, 2.45) is 10.4 Å². The van der Waals surface area contributed by atoms with Gasteiger partial charge in [-0.3, -0.25) is 9.79 Å². The smallest absolute Gasteiger partial charge is 0.256 e. The lowest BCUT2D eigenvalue weighted by molar-refractivity contribution is 0.0774. The fourth-order valence-electron chi connectivity index (χ4n) is 3.64. The van der Waals surface area contributed by atoms with Crippen molar-refractivity contribution in [3.63, 3.8) is 0 Å². The lowest BCUT2D eigenvalue weighted by Gasteiger charge is -2.25. The monoisotopic (exact) mass is 344 g/mol. The highest BCUT2D eigenvalue weighted by atomic mass is 16.5. The molecule has 2 aliphatic rings. The van der Waals surface area contributed by atoms with Crippen LogP contribution in [0.15, 0.2) is 17.1 Å². The second kappa shape index (κ2) is 7.06. The van der Waals surface area contributed by atoms with E-state index in [0.29, 0.717) is 29.4 Å². The van der Waals surface area contributed by atoms with Gasteiger partial charge in [-0.15, -0.1) is 0 Å². The number of carbonyl (C=O) groups is 1. The third-order valence-electron chi connectivity index (χ3n) is 5.00. The molecule has 2 aliphatic heterocycles. The Labute approximate surface area is 150 Å². The molecule has 1 saturated heterocycles. The molecule has 1 atom stereocenters. The number of hydrogen-bond acceptors (Lipinski definition) is 4. The molecule has 0 aliphatic carbocycles. The highest BCUT2D eigenvalue weighted by Crippen LogP contribution is 2.38. The summed E-state index contributed by atoms with van der Waals surface area (Å²) in [6.07, 6.45) is 6.12. The van der Waals surface area contributed by atoms with Gasteiger partial charge >= 0.3 is 0 Å². The van der Waals surface area contributed by atoms with Gasteiger partial charge in [-0.1, -0.05) is 27.2 Å². The van der Waals surface area contributed by atoms with E-state index >= 15 is 0 Å². The third-order valence-corrected chi connectivity index (χ3v) is 5.00. The molecule has 0 bridgehead atoms. The molecule has 5 nitrogen and oxygen atoms in total. The number of benzene rings is 1. The van der Waals surface area contributed by atoms with Crippen molar-refractivity contribution in [2.45, 2.75) is 52.5 Å². The summed E-state index contributed by atoms with van der Waals surface area (Å²) in [5, 5.41) is 0. The molecular formula is C20H28N2O3. The quantitative estimate of drug-likeness (QED) is 0.776. The number of rotatable bonds is 6. The van der Waals surface area contributed by atoms with Crippen LogP contribution in [0.2, 0.25) is 0 Å². The predicted molar refractivity (Wildman–Crippen MR) is 99.4 cm³/mol. The van der Waals surface area contributed by atoms with Crippen LogP contribution < -0.4 is 9.47 Å². The Kier molecular flexibility index (Phi) is 5.02. The van der Waals surface area contributed by atoms with E-state index in [1.165, 1.54) is 0 Å². The van der Waals surface area contributed by atoms with Gasteiger partial charge in [-0.25, -0.2) is 0 Å². The maximum atomic E-state index is 12.8. The van der Waals surface area contributed by atoms with E-state index in [4.69, 9.17) is 9.47 Å². The third kappa shape index (κ3) is 3.65. The first-order valence-electron chi connectivity index (χ1n) is 9.15. The fourth-order valence-corrected chi connectivity index (χ4v) is 3.64. The van der Waals surface area contributed by atoms with Gasteiger partial charge in [0.05, 0.1) is 31.0 Å². The number of ether oxygens (including phenoxy) is 2. The zero-order valence-corrected chi connectivity index (χ0v) is 15.7. The summed E-state index contributed by atoms with van der Waals surface area (Å²) in [4.78, 5) is 19.3. The van der Waals surface area contributed by atoms with Gasteiger partial charge in [-0.2, -0.15) is 0 Å². The molecule has 0 N–H and O–H groups in total. The van der Waals surface area contributed by atoms with Crippen molar-refractivity contribution in [1.82, 2.24) is 4.90 Å². The van der Waals surface area contributed by atoms with Gasteiger partial charge in [0.1, 0.15) is 0 Å². The van der Waals surface area contributed by atoms with Crippen LogP contribution in [0, 0.1) is 5.41 Å². The average Bonchev–Trinajstić information content (AvgIpc) is 3.01. The highest BCUT2D eigenvalue weighted by Gasteiger charge is 2.32. The van der Waals surface area contributed by atoms with Crippen molar-refractivity contribution in [1.29, 1.82) is 0 Å². The number of carbonyl (C=O) groups excluding carboxylic acids is 1. The van der Waals surface area contributed by atoms with E-state index in [9.17, 15) is 4.79 Å². The summed E-state index contributed by atoms with van der Waals surface area (Å²) < 4.78 is 11.5. The van der Waals surface area contributed by atoms with Crippen LogP contribution in [-0.2, 0) is 0 Å². The Morgan fingerprint density at radius 3 is 2.84 bits per heavy atom. The Hall–Kier alpha value is -2.04. The number of aliphatic imine (C=N–C) groups is 1. The number of methoxy groups -OCH3 is 1. The zero-order valence-electron chi connectivity index (χ0n) is 15.7. The molecule has 1 aromatic carbocycles. The van der Waals surface area contributed by atoms with Gasteiger partial charge in [-0.05, 0) is 30.7 Å². The van der Waals surface area contributed by atoms with Gasteiger partial charge in [0.25, 0.3) is 5.91 Å². The van der Waals surface area contributed by atoms with E-state index in [1.807, 2.05) is 17.2 Å². The first-order valence-corrected chi connectivity index (χ1v) is 9.15. The Balaban J connectivity index is 1.89. The maximum Gasteiger partial charge on any atom is 0.256 e. The molecule has 0 radical (unpaired) electrons. The number of nitrogens with zero attached hydrogens (tertiary/aromatic N) is 2. The van der Waals surface area contributed by atoms with Crippen LogP contribution in [-0.4, -0.2) is 43.3 Å². The summed E-state index contributed by atoms with van der Waals surface area (Å²) in [7, 11) is 1.61. The SMILES string of the molecule is CCCC(C)(C)COc1cc2c(cc1OC)C(=O)N1CCCC1C=N2. The number of hydrogen-bond donors (Lipinski definition) is 0. The summed E-state index contributed by atoms with van der Waals surface area (Å²) in [5.74, 6) is 1.27. The molecule has 2 heterocycles. The average molecular weight is 344 g/mol. The molecule has 3 rings (SSSR count). The van der Waals surface area contributed by atoms with E-state index in [0.717, 1.165) is 32.2 Å². The molecule has 1 aromatic rings. The van der Waals surface area contributed by atoms with Crippen molar-refractivity contribution < 1.29 is 14.3 Å². The zero-order chi connectivity index (χ0) is 18.0. The molecule has 1 amide bonds. The molecule has 25 heavy (non-hydrogen) atoms. The lowest BCUT2D eigenvalue weighted by atomic mass is 9.89. The van der Waals surface area contributed by atoms with Gasteiger partial charge in [0, 0.05) is 18.8 Å². The topological polar surface area (TPSA) is 51.1 Å². The van der Waals surface area contributed by atoms with Crippen molar-refractivity contribution in [3.05, 3.63) is 17.7 Å². The van der Waals surface area contributed by atoms with Crippen molar-refractivity contribution in [3.8, 4) is 11.5 Å². The van der Waals surface area contributed by atoms with Crippen LogP contribution in [0.25, 0.3) is 0 Å². The van der Waals surface area contributed by atoms with Gasteiger partial charge in [0.2, 0.25) is 0 Å². The Bertz CT molecular complexity index is 682. The fraction of sp³-hybridized carbons (Fsp3) is 0.600. The lowest BCUT2D eigenvalue weighted by Crippen LogP contribution is -2.35. The highest BCUT2D eigenvalue weighted by molar-refractivity contribution is 6.03. The second-order valence-electron chi connectivity index (χ2n) is 7.71. The van der Waals surface area contributed by atoms with E-state index in [2.05, 4.69) is 25.8 Å². The van der Waals surface area contributed by atoms with Crippen LogP contribution >= 0.6 is 0 Å². The molecule has 1 unspecified atom stereocenters. The minimum absolute atomic E-state index is 0.0335. The van der Waals surface area contributed by atoms with E-state index in [-0.39, 0.29) is 17.4 Å². The Morgan fingerprint density at radius 1 is 1.32 bits per heavy atom. The largest absolute Gasteiger partial charge is 0.493 e. The number of fused-ring (bicyclic) bond motifs is 2. The standard InChI is InChI=1S/C20H28N2O3/c1-5-8-20(2,3)13-25-18-11-16-15(10-17(18)24-4)19(23)22-9-6-7-14(22)12-21-16/h10-12,14H,5-9,13H2,1-4H3. The van der Waals surface area contributed by atoms with Crippen LogP contribution in [0.1, 0.15) is 56.8 Å². The summed E-state index contributed by atoms with van der Waals surface area (Å²) in [5.41, 5.74) is 1.36. The predicted octanol–water partition coefficient (Wildman–Crippen LogP) is 4.22. The minimum Gasteiger partial charge on any atom is -0.493 e. The molecule has 1 fully saturated rings. The second-order valence-corrected chi connectivity index (χ2v) is 7.71. The molecular weight excluding hydrogens is 316 g/mol. The van der Waals surface area contributed by atoms with Crippen molar-refractivity contribution >= 4 is 17.8 Å². The van der Waals surface area contributed by atoms with Gasteiger partial charge < -0.3 is 14.4 Å². The maximum absolute atomic E-state index is 12.8. The molecule has 0 saturated carbocycles. The summed E-state index contributed by atoms with van der Waals surface area (Å²) in [6.45, 7) is 7.96. The van der Waals surface area contributed by atoms with Crippen LogP contribution in [0.5, 0.6) is 11.5 Å². The van der Waals surface area contributed by atoms with Crippen molar-refractivity contribution in [2.75, 3.05) is 20.3 Å². The normalized spacial score (nSPS) is 19.4. The van der Waals surface area contributed by atoms with Crippen LogP contribution in [0.4, 0.5) is 5.69 Å². The number of amides is 1. The van der Waals surface area contributed by atoms with E-state index in [1.54, 1.807) is 13.2 Å². The molecule has 0 spiro atoms. The summed E-state index contributed by atoms with van der Waals surface area (Å²) >= 11 is 0. The first-order chi connectivity index (χ1) is 11.9. The molecule has 136 valence electrons. The summed E-state index contributed by atoms with van der Waals surface area (Å²) in [6, 6.07) is 3.73. The van der Waals surface area contributed by atoms with Crippen LogP contribution in [0.3, 0.4) is 0 Å². The first kappa shape index (κ1) is 17.8. The molecule has 0 aromatic heterocycles.